The van der Waals surface area contributed by atoms with Crippen molar-refractivity contribution in [2.24, 2.45) is 0 Å². The fourth-order valence-electron chi connectivity index (χ4n) is 3.88. The first-order valence-corrected chi connectivity index (χ1v) is 9.34. The van der Waals surface area contributed by atoms with Crippen LogP contribution < -0.4 is 5.73 Å². The van der Waals surface area contributed by atoms with E-state index in [4.69, 9.17) is 10.7 Å². The Morgan fingerprint density at radius 3 is 2.91 bits per heavy atom. The van der Waals surface area contributed by atoms with Crippen molar-refractivity contribution >= 4 is 27.4 Å². The molecule has 1 unspecified atom stereocenters. The third kappa shape index (κ3) is 2.50. The van der Waals surface area contributed by atoms with E-state index in [1.807, 2.05) is 11.3 Å². The van der Waals surface area contributed by atoms with Crippen LogP contribution in [0.15, 0.2) is 0 Å². The van der Waals surface area contributed by atoms with Crippen LogP contribution >= 0.6 is 11.3 Å². The van der Waals surface area contributed by atoms with Gasteiger partial charge in [0, 0.05) is 10.9 Å². The zero-order valence-corrected chi connectivity index (χ0v) is 14.1. The lowest BCUT2D eigenvalue weighted by atomic mass is 9.97. The summed E-state index contributed by atoms with van der Waals surface area (Å²) in [7, 11) is 0. The van der Waals surface area contributed by atoms with Gasteiger partial charge in [0.15, 0.2) is 0 Å². The fourth-order valence-corrected chi connectivity index (χ4v) is 5.16. The van der Waals surface area contributed by atoms with Crippen LogP contribution in [-0.4, -0.2) is 27.5 Å². The van der Waals surface area contributed by atoms with Crippen LogP contribution in [0.2, 0.25) is 0 Å². The van der Waals surface area contributed by atoms with E-state index in [0.29, 0.717) is 11.9 Å². The van der Waals surface area contributed by atoms with Crippen LogP contribution in [0.5, 0.6) is 0 Å². The summed E-state index contributed by atoms with van der Waals surface area (Å²) in [6, 6.07) is 0.630. The van der Waals surface area contributed by atoms with Gasteiger partial charge < -0.3 is 5.73 Å². The molecule has 5 heteroatoms. The Bertz CT molecular complexity index is 694. The third-order valence-electron chi connectivity index (χ3n) is 5.17. The first kappa shape index (κ1) is 14.4. The molecule has 1 fully saturated rings. The molecular weight excluding hydrogens is 292 g/mol. The summed E-state index contributed by atoms with van der Waals surface area (Å²) in [5.74, 6) is 1.60. The molecule has 2 aliphatic rings. The molecule has 2 N–H and O–H groups in total. The molecule has 2 aromatic rings. The highest BCUT2D eigenvalue weighted by Crippen LogP contribution is 2.37. The summed E-state index contributed by atoms with van der Waals surface area (Å²) in [6.07, 6.45) is 8.81. The summed E-state index contributed by atoms with van der Waals surface area (Å²) in [4.78, 5) is 14.6. The van der Waals surface area contributed by atoms with Gasteiger partial charge >= 0.3 is 0 Å². The predicted octanol–water partition coefficient (Wildman–Crippen LogP) is 3.53. The summed E-state index contributed by atoms with van der Waals surface area (Å²) < 4.78 is 0. The van der Waals surface area contributed by atoms with Crippen LogP contribution in [0.1, 0.15) is 55.3 Å². The van der Waals surface area contributed by atoms with Crippen molar-refractivity contribution in [1.29, 1.82) is 0 Å². The Labute approximate surface area is 135 Å². The Morgan fingerprint density at radius 1 is 1.18 bits per heavy atom. The van der Waals surface area contributed by atoms with Crippen LogP contribution in [0.3, 0.4) is 0 Å². The first-order valence-electron chi connectivity index (χ1n) is 8.53. The lowest BCUT2D eigenvalue weighted by Crippen LogP contribution is -2.37. The Hall–Kier alpha value is -1.20. The van der Waals surface area contributed by atoms with E-state index < -0.39 is 0 Å². The lowest BCUT2D eigenvalue weighted by molar-refractivity contribution is 0.149. The average molecular weight is 316 g/mol. The number of hydrogen-bond donors (Lipinski definition) is 1. The SMILES string of the molecule is CC1CCCCN1Cc1nc(N)c2c3c(sc2n1)CCCC3. The molecular formula is C17H24N4S. The molecule has 1 saturated heterocycles. The van der Waals surface area contributed by atoms with Crippen molar-refractivity contribution in [3.05, 3.63) is 16.3 Å². The van der Waals surface area contributed by atoms with E-state index in [9.17, 15) is 0 Å². The quantitative estimate of drug-likeness (QED) is 0.921. The Kier molecular flexibility index (Phi) is 3.78. The molecule has 4 rings (SSSR count). The maximum Gasteiger partial charge on any atom is 0.146 e. The van der Waals surface area contributed by atoms with Crippen LogP contribution in [0, 0.1) is 0 Å². The van der Waals surface area contributed by atoms with Crippen molar-refractivity contribution in [3.8, 4) is 0 Å². The van der Waals surface area contributed by atoms with Crippen molar-refractivity contribution < 1.29 is 0 Å². The number of rotatable bonds is 2. The molecule has 0 amide bonds. The number of piperidine rings is 1. The summed E-state index contributed by atoms with van der Waals surface area (Å²) >= 11 is 1.84. The second-order valence-corrected chi connectivity index (χ2v) is 7.82. The van der Waals surface area contributed by atoms with Gasteiger partial charge in [0.2, 0.25) is 0 Å². The van der Waals surface area contributed by atoms with E-state index in [1.54, 1.807) is 0 Å². The number of aryl methyl sites for hydroxylation is 2. The van der Waals surface area contributed by atoms with Gasteiger partial charge in [-0.25, -0.2) is 9.97 Å². The molecule has 0 radical (unpaired) electrons. The zero-order valence-electron chi connectivity index (χ0n) is 13.3. The van der Waals surface area contributed by atoms with Gasteiger partial charge in [-0.3, -0.25) is 4.90 Å². The van der Waals surface area contributed by atoms with E-state index >= 15 is 0 Å². The molecule has 4 nitrogen and oxygen atoms in total. The number of thiophene rings is 1. The number of nitrogens with zero attached hydrogens (tertiary/aromatic N) is 3. The maximum absolute atomic E-state index is 6.30. The summed E-state index contributed by atoms with van der Waals surface area (Å²) in [6.45, 7) is 4.30. The molecule has 22 heavy (non-hydrogen) atoms. The number of nitrogen functional groups attached to an aromatic ring is 1. The van der Waals surface area contributed by atoms with Gasteiger partial charge in [0.25, 0.3) is 0 Å². The van der Waals surface area contributed by atoms with Crippen molar-refractivity contribution in [3.63, 3.8) is 0 Å². The van der Waals surface area contributed by atoms with Crippen LogP contribution in [-0.2, 0) is 19.4 Å². The molecule has 1 aliphatic heterocycles. The van der Waals surface area contributed by atoms with Gasteiger partial charge in [-0.2, -0.15) is 0 Å². The highest BCUT2D eigenvalue weighted by molar-refractivity contribution is 7.19. The number of likely N-dealkylation sites (tertiary alicyclic amines) is 1. The van der Waals surface area contributed by atoms with Crippen molar-refractivity contribution in [2.45, 2.75) is 64.5 Å². The summed E-state index contributed by atoms with van der Waals surface area (Å²) in [5.41, 5.74) is 7.73. The number of anilines is 1. The van der Waals surface area contributed by atoms with Crippen LogP contribution in [0.4, 0.5) is 5.82 Å². The van der Waals surface area contributed by atoms with E-state index in [0.717, 1.165) is 35.6 Å². The van der Waals surface area contributed by atoms with Gasteiger partial charge in [-0.05, 0) is 57.6 Å². The third-order valence-corrected chi connectivity index (χ3v) is 6.36. The predicted molar refractivity (Wildman–Crippen MR) is 92.2 cm³/mol. The number of nitrogens with two attached hydrogens (primary N) is 1. The van der Waals surface area contributed by atoms with Gasteiger partial charge in [-0.1, -0.05) is 6.42 Å². The number of fused-ring (bicyclic) bond motifs is 3. The second kappa shape index (κ2) is 5.78. The summed E-state index contributed by atoms with van der Waals surface area (Å²) in [5, 5.41) is 1.15. The fraction of sp³-hybridized carbons (Fsp3) is 0.647. The second-order valence-electron chi connectivity index (χ2n) is 6.73. The average Bonchev–Trinajstić information content (AvgIpc) is 2.88. The smallest absolute Gasteiger partial charge is 0.146 e. The first-order chi connectivity index (χ1) is 10.7. The molecule has 0 spiro atoms. The Balaban J connectivity index is 1.68. The maximum atomic E-state index is 6.30. The van der Waals surface area contributed by atoms with Crippen LogP contribution in [0.25, 0.3) is 10.2 Å². The van der Waals surface area contributed by atoms with Gasteiger partial charge in [-0.15, -0.1) is 11.3 Å². The minimum atomic E-state index is 0.630. The van der Waals surface area contributed by atoms with Crippen molar-refractivity contribution in [2.75, 3.05) is 12.3 Å². The number of aromatic nitrogens is 2. The molecule has 0 aromatic carbocycles. The molecule has 0 saturated carbocycles. The molecule has 1 aliphatic carbocycles. The highest BCUT2D eigenvalue weighted by Gasteiger charge is 2.22. The highest BCUT2D eigenvalue weighted by atomic mass is 32.1. The largest absolute Gasteiger partial charge is 0.383 e. The molecule has 1 atom stereocenters. The van der Waals surface area contributed by atoms with Gasteiger partial charge in [0.05, 0.1) is 11.9 Å². The normalized spacial score (nSPS) is 22.9. The van der Waals surface area contributed by atoms with Crippen molar-refractivity contribution in [1.82, 2.24) is 14.9 Å². The Morgan fingerprint density at radius 2 is 2.05 bits per heavy atom. The minimum Gasteiger partial charge on any atom is -0.383 e. The molecule has 0 bridgehead atoms. The van der Waals surface area contributed by atoms with E-state index in [1.165, 1.54) is 49.0 Å². The number of hydrogen-bond acceptors (Lipinski definition) is 5. The van der Waals surface area contributed by atoms with E-state index in [-0.39, 0.29) is 0 Å². The van der Waals surface area contributed by atoms with E-state index in [2.05, 4.69) is 16.8 Å². The molecule has 3 heterocycles. The topological polar surface area (TPSA) is 55.0 Å². The van der Waals surface area contributed by atoms with Gasteiger partial charge in [0.1, 0.15) is 16.5 Å². The minimum absolute atomic E-state index is 0.630. The standard InChI is InChI=1S/C17H24N4S/c1-11-6-4-5-9-21(11)10-14-19-16(18)15-12-7-2-3-8-13(12)22-17(15)20-14/h11H,2-10H2,1H3,(H2,18,19,20). The molecule has 2 aromatic heterocycles. The molecule has 118 valence electrons. The lowest BCUT2D eigenvalue weighted by Gasteiger charge is -2.32. The monoisotopic (exact) mass is 316 g/mol. The zero-order chi connectivity index (χ0) is 15.1.